The van der Waals surface area contributed by atoms with Crippen molar-refractivity contribution in [3.05, 3.63) is 99.5 Å². The molecule has 0 saturated heterocycles. The standard InChI is InChI=1S/C27H25BrF2N2O4/c28-21-6-2-18(3-7-21)15-27(26(34)31-16-19-12-22(29)14-23(30)13-19)17-36-25(32-27)20-4-8-24(9-5-20)35-11-1-10-33/h2-9,12-14,33H,1,10-11,15-17H2,(H,31,34)/t27-/m1/s1. The zero-order valence-corrected chi connectivity index (χ0v) is 20.9. The molecule has 0 saturated carbocycles. The van der Waals surface area contributed by atoms with Gasteiger partial charge in [0.1, 0.15) is 24.0 Å². The third-order valence-electron chi connectivity index (χ3n) is 5.64. The SMILES string of the molecule is O=C(NCc1cc(F)cc(F)c1)[C@@]1(Cc2ccc(Br)cc2)COC(c2ccc(OCCCO)cc2)=N1. The average molecular weight is 559 g/mol. The van der Waals surface area contributed by atoms with E-state index in [1.165, 1.54) is 12.1 Å². The van der Waals surface area contributed by atoms with Gasteiger partial charge < -0.3 is 19.9 Å². The van der Waals surface area contributed by atoms with Crippen LogP contribution in [0.15, 0.2) is 76.2 Å². The summed E-state index contributed by atoms with van der Waals surface area (Å²) in [5.41, 5.74) is 0.610. The Morgan fingerprint density at radius 1 is 1.06 bits per heavy atom. The quantitative estimate of drug-likeness (QED) is 0.357. The van der Waals surface area contributed by atoms with Gasteiger partial charge >= 0.3 is 0 Å². The van der Waals surface area contributed by atoms with Gasteiger partial charge in [0.15, 0.2) is 5.54 Å². The van der Waals surface area contributed by atoms with Crippen LogP contribution in [0.1, 0.15) is 23.1 Å². The Labute approximate surface area is 216 Å². The van der Waals surface area contributed by atoms with E-state index < -0.39 is 23.1 Å². The maximum absolute atomic E-state index is 13.6. The molecule has 1 atom stereocenters. The summed E-state index contributed by atoms with van der Waals surface area (Å²) in [4.78, 5) is 18.1. The van der Waals surface area contributed by atoms with Crippen LogP contribution in [0, 0.1) is 11.6 Å². The summed E-state index contributed by atoms with van der Waals surface area (Å²) in [5, 5.41) is 11.7. The molecule has 1 amide bonds. The zero-order chi connectivity index (χ0) is 25.5. The van der Waals surface area contributed by atoms with Gasteiger partial charge in [0, 0.05) is 42.1 Å². The van der Waals surface area contributed by atoms with Crippen molar-refractivity contribution in [2.75, 3.05) is 19.8 Å². The minimum atomic E-state index is -1.26. The first-order chi connectivity index (χ1) is 17.4. The van der Waals surface area contributed by atoms with Crippen molar-refractivity contribution in [2.45, 2.75) is 24.9 Å². The highest BCUT2D eigenvalue weighted by atomic mass is 79.9. The monoisotopic (exact) mass is 558 g/mol. The lowest BCUT2D eigenvalue weighted by atomic mass is 9.91. The fraction of sp³-hybridized carbons (Fsp3) is 0.259. The molecule has 1 heterocycles. The predicted molar refractivity (Wildman–Crippen MR) is 135 cm³/mol. The smallest absolute Gasteiger partial charge is 0.252 e. The molecule has 3 aromatic rings. The highest BCUT2D eigenvalue weighted by Crippen LogP contribution is 2.28. The van der Waals surface area contributed by atoms with Gasteiger partial charge in [-0.3, -0.25) is 4.79 Å². The molecule has 0 spiro atoms. The highest BCUT2D eigenvalue weighted by molar-refractivity contribution is 9.10. The van der Waals surface area contributed by atoms with Crippen molar-refractivity contribution in [1.29, 1.82) is 0 Å². The molecule has 9 heteroatoms. The molecule has 6 nitrogen and oxygen atoms in total. The van der Waals surface area contributed by atoms with E-state index in [4.69, 9.17) is 19.6 Å². The van der Waals surface area contributed by atoms with E-state index in [-0.39, 0.29) is 26.2 Å². The van der Waals surface area contributed by atoms with E-state index in [0.717, 1.165) is 16.1 Å². The van der Waals surface area contributed by atoms with E-state index in [0.29, 0.717) is 35.8 Å². The van der Waals surface area contributed by atoms with Crippen LogP contribution in [0.2, 0.25) is 0 Å². The lowest BCUT2D eigenvalue weighted by molar-refractivity contribution is -0.126. The predicted octanol–water partition coefficient (Wildman–Crippen LogP) is 4.56. The Morgan fingerprint density at radius 3 is 2.42 bits per heavy atom. The molecule has 0 unspecified atom stereocenters. The molecule has 1 aliphatic heterocycles. The first-order valence-electron chi connectivity index (χ1n) is 11.4. The molecule has 2 N–H and O–H groups in total. The van der Waals surface area contributed by atoms with Crippen molar-refractivity contribution in [3.63, 3.8) is 0 Å². The number of carbonyl (C=O) groups excluding carboxylic acids is 1. The van der Waals surface area contributed by atoms with Gasteiger partial charge in [-0.1, -0.05) is 28.1 Å². The van der Waals surface area contributed by atoms with E-state index in [1.807, 2.05) is 24.3 Å². The lowest BCUT2D eigenvalue weighted by Crippen LogP contribution is -2.48. The fourth-order valence-corrected chi connectivity index (χ4v) is 4.09. The molecule has 188 valence electrons. The van der Waals surface area contributed by atoms with Crippen LogP contribution in [0.3, 0.4) is 0 Å². The van der Waals surface area contributed by atoms with Crippen molar-refractivity contribution in [1.82, 2.24) is 5.32 Å². The van der Waals surface area contributed by atoms with Crippen molar-refractivity contribution < 1.29 is 28.2 Å². The number of ether oxygens (including phenoxy) is 2. The summed E-state index contributed by atoms with van der Waals surface area (Å²) >= 11 is 3.41. The third kappa shape index (κ3) is 6.47. The maximum Gasteiger partial charge on any atom is 0.252 e. The van der Waals surface area contributed by atoms with Gasteiger partial charge in [-0.05, 0) is 59.7 Å². The molecule has 4 rings (SSSR count). The first kappa shape index (κ1) is 25.8. The Balaban J connectivity index is 1.56. The molecule has 0 fully saturated rings. The molecule has 36 heavy (non-hydrogen) atoms. The molecule has 1 aliphatic rings. The number of aliphatic imine (C=N–C) groups is 1. The van der Waals surface area contributed by atoms with Crippen LogP contribution in [0.25, 0.3) is 0 Å². The number of nitrogens with zero attached hydrogens (tertiary/aromatic N) is 1. The number of carbonyl (C=O) groups is 1. The number of nitrogens with one attached hydrogen (secondary N) is 1. The van der Waals surface area contributed by atoms with Crippen LogP contribution in [0.5, 0.6) is 5.75 Å². The maximum atomic E-state index is 13.6. The van der Waals surface area contributed by atoms with Crippen LogP contribution in [-0.4, -0.2) is 42.3 Å². The topological polar surface area (TPSA) is 80.2 Å². The van der Waals surface area contributed by atoms with Gasteiger partial charge in [-0.25, -0.2) is 13.8 Å². The van der Waals surface area contributed by atoms with Gasteiger partial charge in [0.25, 0.3) is 5.91 Å². The Kier molecular flexibility index (Phi) is 8.32. The molecule has 0 radical (unpaired) electrons. The number of aliphatic hydroxyl groups excluding tert-OH is 1. The number of hydrogen-bond donors (Lipinski definition) is 2. The molecular formula is C27H25BrF2N2O4. The largest absolute Gasteiger partial charge is 0.494 e. The van der Waals surface area contributed by atoms with Crippen LogP contribution >= 0.6 is 15.9 Å². The summed E-state index contributed by atoms with van der Waals surface area (Å²) < 4.78 is 39.5. The number of hydrogen-bond acceptors (Lipinski definition) is 5. The summed E-state index contributed by atoms with van der Waals surface area (Å²) in [7, 11) is 0. The van der Waals surface area contributed by atoms with E-state index in [2.05, 4.69) is 21.2 Å². The molecule has 0 bridgehead atoms. The van der Waals surface area contributed by atoms with Gasteiger partial charge in [0.05, 0.1) is 6.61 Å². The van der Waals surface area contributed by atoms with Gasteiger partial charge in [-0.15, -0.1) is 0 Å². The second kappa shape index (κ2) is 11.6. The number of halogens is 3. The third-order valence-corrected chi connectivity index (χ3v) is 6.17. The van der Waals surface area contributed by atoms with E-state index >= 15 is 0 Å². The van der Waals surface area contributed by atoms with Crippen molar-refractivity contribution in [3.8, 4) is 5.75 Å². The second-order valence-electron chi connectivity index (χ2n) is 8.45. The number of amides is 1. The summed E-state index contributed by atoms with van der Waals surface area (Å²) in [6.07, 6.45) is 0.809. The summed E-state index contributed by atoms with van der Waals surface area (Å²) in [6.45, 7) is 0.412. The Morgan fingerprint density at radius 2 is 1.75 bits per heavy atom. The van der Waals surface area contributed by atoms with Crippen molar-refractivity contribution >= 4 is 27.7 Å². The Hall–Kier alpha value is -3.30. The van der Waals surface area contributed by atoms with Gasteiger partial charge in [0.2, 0.25) is 5.90 Å². The minimum Gasteiger partial charge on any atom is -0.494 e. The number of benzene rings is 3. The minimum absolute atomic E-state index is 0.0104. The van der Waals surface area contributed by atoms with Crippen LogP contribution in [0.4, 0.5) is 8.78 Å². The fourth-order valence-electron chi connectivity index (χ4n) is 3.83. The summed E-state index contributed by atoms with van der Waals surface area (Å²) in [6, 6.07) is 17.8. The highest BCUT2D eigenvalue weighted by Gasteiger charge is 2.44. The Bertz CT molecular complexity index is 1220. The molecule has 0 aromatic heterocycles. The first-order valence-corrected chi connectivity index (χ1v) is 12.2. The number of rotatable bonds is 10. The van der Waals surface area contributed by atoms with Crippen LogP contribution in [-0.2, 0) is 22.5 Å². The second-order valence-corrected chi connectivity index (χ2v) is 9.37. The summed E-state index contributed by atoms with van der Waals surface area (Å²) in [5.74, 6) is -0.865. The van der Waals surface area contributed by atoms with Crippen LogP contribution < -0.4 is 10.1 Å². The number of aliphatic hydroxyl groups is 1. The van der Waals surface area contributed by atoms with E-state index in [1.54, 1.807) is 24.3 Å². The van der Waals surface area contributed by atoms with E-state index in [9.17, 15) is 13.6 Å². The normalized spacial score (nSPS) is 16.8. The lowest BCUT2D eigenvalue weighted by Gasteiger charge is -2.23. The van der Waals surface area contributed by atoms with Crippen molar-refractivity contribution in [2.24, 2.45) is 4.99 Å². The van der Waals surface area contributed by atoms with Gasteiger partial charge in [-0.2, -0.15) is 0 Å². The zero-order valence-electron chi connectivity index (χ0n) is 19.3. The molecule has 3 aromatic carbocycles. The molecular weight excluding hydrogens is 534 g/mol. The average Bonchev–Trinajstić information content (AvgIpc) is 3.29. The molecule has 0 aliphatic carbocycles.